The average molecular weight is 391 g/mol. The number of benzene rings is 1. The van der Waals surface area contributed by atoms with Crippen LogP contribution in [0, 0.1) is 6.92 Å². The van der Waals surface area contributed by atoms with Crippen LogP contribution in [0.1, 0.15) is 40.2 Å². The van der Waals surface area contributed by atoms with Crippen LogP contribution in [0.5, 0.6) is 0 Å². The third kappa shape index (κ3) is 5.10. The topological polar surface area (TPSA) is 55.8 Å². The fourth-order valence-electron chi connectivity index (χ4n) is 2.66. The molecule has 0 amide bonds. The predicted octanol–water partition coefficient (Wildman–Crippen LogP) is 3.75. The molecule has 7 heteroatoms. The van der Waals surface area contributed by atoms with Crippen molar-refractivity contribution in [2.75, 3.05) is 13.1 Å². The highest BCUT2D eigenvalue weighted by molar-refractivity contribution is 7.89. The highest BCUT2D eigenvalue weighted by Gasteiger charge is 2.50. The smallest absolute Gasteiger partial charge is 0.400 e. The van der Waals surface area contributed by atoms with Gasteiger partial charge in [-0.1, -0.05) is 41.9 Å². The Kier molecular flexibility index (Phi) is 6.42. The molecular formula is C20H30BNO4S. The molecule has 1 saturated heterocycles. The van der Waals surface area contributed by atoms with Crippen LogP contribution >= 0.6 is 0 Å². The van der Waals surface area contributed by atoms with Crippen molar-refractivity contribution in [3.8, 4) is 0 Å². The van der Waals surface area contributed by atoms with Gasteiger partial charge in [-0.15, -0.1) is 0 Å². The fraction of sp³-hybridized carbons (Fsp3) is 0.500. The van der Waals surface area contributed by atoms with E-state index in [2.05, 4.69) is 6.58 Å². The summed E-state index contributed by atoms with van der Waals surface area (Å²) >= 11 is 0. The van der Waals surface area contributed by atoms with Crippen LogP contribution in [0.25, 0.3) is 0 Å². The molecule has 1 aliphatic rings. The molecule has 0 spiro atoms. The molecule has 0 aliphatic carbocycles. The Bertz CT molecular complexity index is 797. The third-order valence-corrected chi connectivity index (χ3v) is 6.80. The Hall–Kier alpha value is -1.41. The molecule has 0 unspecified atom stereocenters. The summed E-state index contributed by atoms with van der Waals surface area (Å²) in [5.41, 5.74) is 0.941. The van der Waals surface area contributed by atoms with Crippen LogP contribution in [0.4, 0.5) is 0 Å². The standard InChI is InChI=1S/C20H30BNO4S/c1-16(2)15-22(27(23,24)18-11-9-17(3)10-12-18)14-8-13-21-25-19(4,5)20(6,7)26-21/h8-13H,1,14-15H2,2-7H3/b13-8+. The van der Waals surface area contributed by atoms with E-state index in [9.17, 15) is 8.42 Å². The minimum atomic E-state index is -3.61. The second-order valence-electron chi connectivity index (χ2n) is 8.12. The summed E-state index contributed by atoms with van der Waals surface area (Å²) in [6.45, 7) is 16.0. The molecule has 0 bridgehead atoms. The van der Waals surface area contributed by atoms with Crippen molar-refractivity contribution in [1.82, 2.24) is 4.31 Å². The maximum absolute atomic E-state index is 13.0. The molecule has 1 fully saturated rings. The van der Waals surface area contributed by atoms with Crippen molar-refractivity contribution in [3.63, 3.8) is 0 Å². The molecule has 0 atom stereocenters. The summed E-state index contributed by atoms with van der Waals surface area (Å²) in [5, 5.41) is 0. The van der Waals surface area contributed by atoms with Crippen molar-refractivity contribution in [2.45, 2.75) is 57.6 Å². The van der Waals surface area contributed by atoms with Gasteiger partial charge in [-0.3, -0.25) is 0 Å². The largest absolute Gasteiger partial charge is 0.486 e. The molecule has 27 heavy (non-hydrogen) atoms. The molecule has 0 aromatic heterocycles. The Morgan fingerprint density at radius 3 is 2.15 bits per heavy atom. The lowest BCUT2D eigenvalue weighted by Gasteiger charge is -2.32. The normalized spacial score (nSPS) is 19.1. The average Bonchev–Trinajstić information content (AvgIpc) is 2.73. The van der Waals surface area contributed by atoms with Gasteiger partial charge in [0.15, 0.2) is 0 Å². The van der Waals surface area contributed by atoms with E-state index < -0.39 is 28.3 Å². The van der Waals surface area contributed by atoms with E-state index in [4.69, 9.17) is 9.31 Å². The van der Waals surface area contributed by atoms with Gasteiger partial charge in [0, 0.05) is 13.1 Å². The van der Waals surface area contributed by atoms with E-state index >= 15 is 0 Å². The monoisotopic (exact) mass is 391 g/mol. The molecule has 1 heterocycles. The van der Waals surface area contributed by atoms with E-state index in [0.29, 0.717) is 0 Å². The minimum Gasteiger partial charge on any atom is -0.400 e. The molecule has 0 radical (unpaired) electrons. The number of rotatable bonds is 7. The van der Waals surface area contributed by atoms with Crippen molar-refractivity contribution < 1.29 is 17.7 Å². The zero-order valence-electron chi connectivity index (χ0n) is 17.2. The van der Waals surface area contributed by atoms with Gasteiger partial charge >= 0.3 is 7.12 Å². The van der Waals surface area contributed by atoms with Crippen LogP contribution in [0.15, 0.2) is 53.4 Å². The van der Waals surface area contributed by atoms with Crippen molar-refractivity contribution in [2.24, 2.45) is 0 Å². The SMILES string of the molecule is C=C(C)CN(C/C=C/B1OC(C)(C)C(C)(C)O1)S(=O)(=O)c1ccc(C)cc1. The van der Waals surface area contributed by atoms with E-state index in [1.54, 1.807) is 36.3 Å². The quantitative estimate of drug-likeness (QED) is 0.525. The molecule has 2 rings (SSSR count). The fourth-order valence-corrected chi connectivity index (χ4v) is 4.12. The lowest BCUT2D eigenvalue weighted by atomic mass is 9.90. The first-order valence-corrected chi connectivity index (χ1v) is 10.5. The van der Waals surface area contributed by atoms with Gasteiger partial charge in [0.05, 0.1) is 16.1 Å². The first-order valence-electron chi connectivity index (χ1n) is 9.09. The van der Waals surface area contributed by atoms with Gasteiger partial charge in [-0.05, 0) is 53.7 Å². The van der Waals surface area contributed by atoms with Gasteiger partial charge in [-0.2, -0.15) is 4.31 Å². The maximum Gasteiger partial charge on any atom is 0.486 e. The van der Waals surface area contributed by atoms with E-state index in [1.165, 1.54) is 4.31 Å². The first-order chi connectivity index (χ1) is 12.3. The van der Waals surface area contributed by atoms with Crippen LogP contribution in [0.2, 0.25) is 0 Å². The zero-order valence-corrected chi connectivity index (χ0v) is 18.0. The van der Waals surface area contributed by atoms with Crippen molar-refractivity contribution >= 4 is 17.1 Å². The highest BCUT2D eigenvalue weighted by atomic mass is 32.2. The summed E-state index contributed by atoms with van der Waals surface area (Å²) in [6.07, 6.45) is 1.77. The number of hydrogen-bond donors (Lipinski definition) is 0. The second-order valence-corrected chi connectivity index (χ2v) is 10.1. The van der Waals surface area contributed by atoms with Crippen LogP contribution in [-0.2, 0) is 19.3 Å². The summed E-state index contributed by atoms with van der Waals surface area (Å²) in [5.74, 6) is 1.77. The zero-order chi connectivity index (χ0) is 20.5. The van der Waals surface area contributed by atoms with Crippen LogP contribution in [-0.4, -0.2) is 44.1 Å². The molecule has 0 saturated carbocycles. The summed E-state index contributed by atoms with van der Waals surface area (Å²) in [7, 11) is -4.11. The number of hydrogen-bond acceptors (Lipinski definition) is 4. The molecule has 5 nitrogen and oxygen atoms in total. The van der Waals surface area contributed by atoms with Gasteiger partial charge in [0.25, 0.3) is 0 Å². The predicted molar refractivity (Wildman–Crippen MR) is 110 cm³/mol. The van der Waals surface area contributed by atoms with Gasteiger partial charge < -0.3 is 9.31 Å². The lowest BCUT2D eigenvalue weighted by Crippen LogP contribution is -2.41. The molecule has 148 valence electrons. The van der Waals surface area contributed by atoms with E-state index in [0.717, 1.165) is 11.1 Å². The minimum absolute atomic E-state index is 0.215. The summed E-state index contributed by atoms with van der Waals surface area (Å²) < 4.78 is 39.2. The third-order valence-electron chi connectivity index (χ3n) is 4.98. The van der Waals surface area contributed by atoms with Crippen LogP contribution < -0.4 is 0 Å². The maximum atomic E-state index is 13.0. The molecular weight excluding hydrogens is 361 g/mol. The Morgan fingerprint density at radius 1 is 1.15 bits per heavy atom. The van der Waals surface area contributed by atoms with Crippen LogP contribution in [0.3, 0.4) is 0 Å². The second kappa shape index (κ2) is 7.91. The molecule has 0 N–H and O–H groups in total. The number of nitrogens with zero attached hydrogens (tertiary/aromatic N) is 1. The van der Waals surface area contributed by atoms with E-state index in [1.807, 2.05) is 41.5 Å². The number of sulfonamides is 1. The molecule has 1 aromatic carbocycles. The highest BCUT2D eigenvalue weighted by Crippen LogP contribution is 2.36. The van der Waals surface area contributed by atoms with Crippen molar-refractivity contribution in [1.29, 1.82) is 0 Å². The lowest BCUT2D eigenvalue weighted by molar-refractivity contribution is 0.00578. The van der Waals surface area contributed by atoms with Gasteiger partial charge in [0.2, 0.25) is 10.0 Å². The Labute approximate surface area is 164 Å². The molecule has 1 aliphatic heterocycles. The summed E-state index contributed by atoms with van der Waals surface area (Å²) in [6, 6.07) is 6.86. The molecule has 1 aromatic rings. The van der Waals surface area contributed by atoms with Gasteiger partial charge in [0.1, 0.15) is 0 Å². The van der Waals surface area contributed by atoms with Crippen molar-refractivity contribution in [3.05, 3.63) is 54.0 Å². The van der Waals surface area contributed by atoms with Gasteiger partial charge in [-0.25, -0.2) is 8.42 Å². The van der Waals surface area contributed by atoms with E-state index in [-0.39, 0.29) is 18.0 Å². The summed E-state index contributed by atoms with van der Waals surface area (Å²) in [4.78, 5) is 0.276. The number of aryl methyl sites for hydroxylation is 1. The first kappa shape index (κ1) is 21.9. The Balaban J connectivity index is 2.16. The Morgan fingerprint density at radius 2 is 1.67 bits per heavy atom.